The van der Waals surface area contributed by atoms with Crippen molar-refractivity contribution in [1.29, 1.82) is 0 Å². The molecule has 0 unspecified atom stereocenters. The molecule has 0 aliphatic heterocycles. The first-order valence-electron chi connectivity index (χ1n) is 7.28. The predicted molar refractivity (Wildman–Crippen MR) is 91.6 cm³/mol. The molecule has 2 amide bonds. The maximum absolute atomic E-state index is 13.4. The molecule has 0 aliphatic rings. The van der Waals surface area contributed by atoms with Crippen molar-refractivity contribution in [2.75, 3.05) is 17.7 Å². The van der Waals surface area contributed by atoms with E-state index in [9.17, 15) is 23.2 Å². The van der Waals surface area contributed by atoms with Crippen molar-refractivity contribution in [2.45, 2.75) is 4.90 Å². The van der Waals surface area contributed by atoms with Gasteiger partial charge in [-0.3, -0.25) is 14.4 Å². The van der Waals surface area contributed by atoms with Crippen LogP contribution in [0.15, 0.2) is 47.4 Å². The van der Waals surface area contributed by atoms with E-state index in [1.54, 1.807) is 0 Å². The van der Waals surface area contributed by atoms with Gasteiger partial charge in [0.15, 0.2) is 6.61 Å². The molecule has 0 radical (unpaired) electrons. The van der Waals surface area contributed by atoms with Gasteiger partial charge in [0.2, 0.25) is 5.91 Å². The van der Waals surface area contributed by atoms with Crippen molar-refractivity contribution in [2.24, 2.45) is 5.73 Å². The number of hydrogen-bond donors (Lipinski definition) is 2. The van der Waals surface area contributed by atoms with Crippen molar-refractivity contribution >= 4 is 35.2 Å². The zero-order valence-electron chi connectivity index (χ0n) is 13.3. The number of benzene rings is 2. The van der Waals surface area contributed by atoms with E-state index in [1.165, 1.54) is 24.3 Å². The number of thioether (sulfide) groups is 1. The summed E-state index contributed by atoms with van der Waals surface area (Å²) >= 11 is 0.764. The summed E-state index contributed by atoms with van der Waals surface area (Å²) in [7, 11) is 0. The van der Waals surface area contributed by atoms with Gasteiger partial charge in [-0.2, -0.15) is 0 Å². The Morgan fingerprint density at radius 1 is 1.08 bits per heavy atom. The van der Waals surface area contributed by atoms with E-state index in [0.717, 1.165) is 30.0 Å². The van der Waals surface area contributed by atoms with Gasteiger partial charge in [-0.05, 0) is 42.5 Å². The Hall–Kier alpha value is -2.94. The second-order valence-corrected chi connectivity index (χ2v) is 6.03. The van der Waals surface area contributed by atoms with Gasteiger partial charge in [-0.15, -0.1) is 11.8 Å². The SMILES string of the molecule is NC(=O)c1ccc(NC(=O)COC(=O)CSc2cc(F)ccc2F)cc1. The second kappa shape index (κ2) is 8.95. The summed E-state index contributed by atoms with van der Waals surface area (Å²) in [6.45, 7) is -0.539. The average Bonchev–Trinajstić information content (AvgIpc) is 2.61. The zero-order chi connectivity index (χ0) is 19.1. The molecule has 136 valence electrons. The summed E-state index contributed by atoms with van der Waals surface area (Å²) in [4.78, 5) is 34.2. The normalized spacial score (nSPS) is 10.2. The highest BCUT2D eigenvalue weighted by Gasteiger charge is 2.11. The summed E-state index contributed by atoms with van der Waals surface area (Å²) in [5.41, 5.74) is 5.79. The third-order valence-electron chi connectivity index (χ3n) is 3.06. The number of primary amides is 1. The lowest BCUT2D eigenvalue weighted by Crippen LogP contribution is -2.21. The summed E-state index contributed by atoms with van der Waals surface area (Å²) in [5, 5.41) is 2.47. The number of carbonyl (C=O) groups excluding carboxylic acids is 3. The quantitative estimate of drug-likeness (QED) is 0.567. The summed E-state index contributed by atoms with van der Waals surface area (Å²) in [6.07, 6.45) is 0. The number of ether oxygens (including phenoxy) is 1. The van der Waals surface area contributed by atoms with Crippen LogP contribution in [0.25, 0.3) is 0 Å². The molecule has 0 aromatic heterocycles. The van der Waals surface area contributed by atoms with Gasteiger partial charge in [-0.25, -0.2) is 8.78 Å². The van der Waals surface area contributed by atoms with Crippen LogP contribution in [0.4, 0.5) is 14.5 Å². The molecule has 0 atom stereocenters. The Balaban J connectivity index is 1.76. The maximum atomic E-state index is 13.4. The van der Waals surface area contributed by atoms with E-state index >= 15 is 0 Å². The first-order valence-corrected chi connectivity index (χ1v) is 8.27. The number of carbonyl (C=O) groups is 3. The highest BCUT2D eigenvalue weighted by atomic mass is 32.2. The molecule has 0 heterocycles. The molecule has 9 heteroatoms. The lowest BCUT2D eigenvalue weighted by Gasteiger charge is -2.07. The molecular weight excluding hydrogens is 366 g/mol. The van der Waals surface area contributed by atoms with Gasteiger partial charge in [0.05, 0.1) is 5.75 Å². The standard InChI is InChI=1S/C17H14F2N2O4S/c18-11-3-6-13(19)14(7-11)26-9-16(23)25-8-15(22)21-12-4-1-10(2-5-12)17(20)24/h1-7H,8-9H2,(H2,20,24)(H,21,22). The minimum absolute atomic E-state index is 0.0269. The molecule has 26 heavy (non-hydrogen) atoms. The molecule has 0 aliphatic carbocycles. The number of hydrogen-bond acceptors (Lipinski definition) is 5. The van der Waals surface area contributed by atoms with Crippen molar-refractivity contribution in [3.63, 3.8) is 0 Å². The third kappa shape index (κ3) is 5.85. The topological polar surface area (TPSA) is 98.5 Å². The Morgan fingerprint density at radius 3 is 2.42 bits per heavy atom. The molecule has 2 aromatic carbocycles. The average molecular weight is 380 g/mol. The Labute approximate surface area is 151 Å². The lowest BCUT2D eigenvalue weighted by molar-refractivity contribution is -0.144. The summed E-state index contributed by atoms with van der Waals surface area (Å²) < 4.78 is 31.2. The lowest BCUT2D eigenvalue weighted by atomic mass is 10.2. The monoisotopic (exact) mass is 380 g/mol. The van der Waals surface area contributed by atoms with Crippen molar-refractivity contribution < 1.29 is 27.9 Å². The fraction of sp³-hybridized carbons (Fsp3) is 0.118. The number of anilines is 1. The van der Waals surface area contributed by atoms with Crippen LogP contribution in [0.3, 0.4) is 0 Å². The first-order chi connectivity index (χ1) is 12.3. The van der Waals surface area contributed by atoms with Crippen LogP contribution in [-0.2, 0) is 14.3 Å². The van der Waals surface area contributed by atoms with Gasteiger partial charge in [0, 0.05) is 16.1 Å². The number of amides is 2. The van der Waals surface area contributed by atoms with Crippen molar-refractivity contribution in [3.8, 4) is 0 Å². The minimum Gasteiger partial charge on any atom is -0.455 e. The molecule has 3 N–H and O–H groups in total. The number of nitrogens with one attached hydrogen (secondary N) is 1. The Morgan fingerprint density at radius 2 is 1.77 bits per heavy atom. The van der Waals surface area contributed by atoms with E-state index in [4.69, 9.17) is 10.5 Å². The number of esters is 1. The molecule has 2 aromatic rings. The fourth-order valence-corrected chi connectivity index (χ4v) is 2.59. The highest BCUT2D eigenvalue weighted by molar-refractivity contribution is 8.00. The van der Waals surface area contributed by atoms with E-state index < -0.39 is 36.0 Å². The van der Waals surface area contributed by atoms with Crippen LogP contribution >= 0.6 is 11.8 Å². The van der Waals surface area contributed by atoms with Gasteiger partial charge >= 0.3 is 5.97 Å². The Kier molecular flexibility index (Phi) is 6.67. The van der Waals surface area contributed by atoms with Gasteiger partial charge in [0.1, 0.15) is 11.6 Å². The number of rotatable bonds is 7. The van der Waals surface area contributed by atoms with Crippen LogP contribution in [0.5, 0.6) is 0 Å². The van der Waals surface area contributed by atoms with Crippen molar-refractivity contribution in [3.05, 3.63) is 59.7 Å². The van der Waals surface area contributed by atoms with E-state index in [2.05, 4.69) is 5.32 Å². The summed E-state index contributed by atoms with van der Waals surface area (Å²) in [5.74, 6) is -3.49. The van der Waals surface area contributed by atoms with Crippen LogP contribution in [0, 0.1) is 11.6 Å². The summed E-state index contributed by atoms with van der Waals surface area (Å²) in [6, 6.07) is 8.72. The van der Waals surface area contributed by atoms with Gasteiger partial charge < -0.3 is 15.8 Å². The minimum atomic E-state index is -0.752. The molecule has 0 saturated carbocycles. The molecule has 0 bridgehead atoms. The van der Waals surface area contributed by atoms with Crippen molar-refractivity contribution in [1.82, 2.24) is 0 Å². The highest BCUT2D eigenvalue weighted by Crippen LogP contribution is 2.22. The van der Waals surface area contributed by atoms with E-state index in [1.807, 2.05) is 0 Å². The van der Waals surface area contributed by atoms with E-state index in [-0.39, 0.29) is 16.2 Å². The number of halogens is 2. The fourth-order valence-electron chi connectivity index (χ4n) is 1.83. The van der Waals surface area contributed by atoms with Crippen LogP contribution < -0.4 is 11.1 Å². The molecule has 0 fully saturated rings. The third-order valence-corrected chi connectivity index (χ3v) is 4.06. The zero-order valence-corrected chi connectivity index (χ0v) is 14.1. The second-order valence-electron chi connectivity index (χ2n) is 5.01. The molecular formula is C17H14F2N2O4S. The largest absolute Gasteiger partial charge is 0.455 e. The van der Waals surface area contributed by atoms with Gasteiger partial charge in [-0.1, -0.05) is 0 Å². The molecule has 0 spiro atoms. The van der Waals surface area contributed by atoms with Gasteiger partial charge in [0.25, 0.3) is 5.91 Å². The Bertz CT molecular complexity index is 828. The first kappa shape index (κ1) is 19.4. The molecule has 2 rings (SSSR count). The predicted octanol–water partition coefficient (Wildman–Crippen LogP) is 2.34. The molecule has 6 nitrogen and oxygen atoms in total. The molecule has 0 saturated heterocycles. The smallest absolute Gasteiger partial charge is 0.316 e. The van der Waals surface area contributed by atoms with Crippen LogP contribution in [0.1, 0.15) is 10.4 Å². The van der Waals surface area contributed by atoms with Crippen LogP contribution in [0.2, 0.25) is 0 Å². The van der Waals surface area contributed by atoms with Crippen LogP contribution in [-0.4, -0.2) is 30.1 Å². The number of nitrogens with two attached hydrogens (primary N) is 1. The van der Waals surface area contributed by atoms with E-state index in [0.29, 0.717) is 5.69 Å². The maximum Gasteiger partial charge on any atom is 0.316 e.